The number of carbonyl (C=O) groups is 2. The number of hydrogen-bond acceptors (Lipinski definition) is 7. The number of esters is 2. The van der Waals surface area contributed by atoms with Crippen molar-refractivity contribution in [3.8, 4) is 0 Å². The lowest BCUT2D eigenvalue weighted by molar-refractivity contribution is -0.156. The molecule has 0 amide bonds. The van der Waals surface area contributed by atoms with Gasteiger partial charge in [0, 0.05) is 0 Å². The summed E-state index contributed by atoms with van der Waals surface area (Å²) >= 11 is 0. The highest BCUT2D eigenvalue weighted by molar-refractivity contribution is 5.71. The second-order valence-electron chi connectivity index (χ2n) is 9.60. The van der Waals surface area contributed by atoms with Gasteiger partial charge in [-0.15, -0.1) is 0 Å². The fourth-order valence-corrected chi connectivity index (χ4v) is 5.26. The number of rotatable bonds is 16. The molecule has 0 radical (unpaired) electrons. The molecule has 6 atom stereocenters. The maximum Gasteiger partial charge on any atom is 0.332 e. The lowest BCUT2D eigenvalue weighted by atomic mass is 10.0. The maximum atomic E-state index is 12.0. The van der Waals surface area contributed by atoms with Crippen LogP contribution in [0, 0.1) is 23.7 Å². The molecular formula is C26H46O7. The van der Waals surface area contributed by atoms with E-state index in [4.69, 9.17) is 23.7 Å². The van der Waals surface area contributed by atoms with Gasteiger partial charge in [-0.1, -0.05) is 40.5 Å². The van der Waals surface area contributed by atoms with Gasteiger partial charge in [-0.2, -0.15) is 0 Å². The van der Waals surface area contributed by atoms with E-state index in [1.165, 1.54) is 0 Å². The average Bonchev–Trinajstić information content (AvgIpc) is 3.40. The highest BCUT2D eigenvalue weighted by Crippen LogP contribution is 2.38. The Hall–Kier alpha value is -1.18. The van der Waals surface area contributed by atoms with Gasteiger partial charge < -0.3 is 23.7 Å². The van der Waals surface area contributed by atoms with Crippen LogP contribution >= 0.6 is 0 Å². The van der Waals surface area contributed by atoms with Crippen molar-refractivity contribution in [3.05, 3.63) is 0 Å². The van der Waals surface area contributed by atoms with Crippen molar-refractivity contribution < 1.29 is 33.3 Å². The normalized spacial score (nSPS) is 29.3. The minimum Gasteiger partial charge on any atom is -0.460 e. The van der Waals surface area contributed by atoms with E-state index in [2.05, 4.69) is 27.7 Å². The van der Waals surface area contributed by atoms with Gasteiger partial charge in [0.25, 0.3) is 0 Å². The molecule has 6 unspecified atom stereocenters. The molecule has 33 heavy (non-hydrogen) atoms. The highest BCUT2D eigenvalue weighted by Gasteiger charge is 2.35. The molecular weight excluding hydrogens is 424 g/mol. The van der Waals surface area contributed by atoms with Crippen LogP contribution in [-0.2, 0) is 33.3 Å². The molecule has 2 aliphatic carbocycles. The molecule has 7 nitrogen and oxygen atoms in total. The van der Waals surface area contributed by atoms with Crippen molar-refractivity contribution in [2.45, 2.75) is 91.3 Å². The van der Waals surface area contributed by atoms with E-state index in [1.807, 2.05) is 0 Å². The lowest BCUT2D eigenvalue weighted by Crippen LogP contribution is -2.25. The SMILES string of the molecule is CCC1CC(CC)C(OC(=O)COCCOCCOCC(=O)OC2CC(CC)CC2CC)C1. The third kappa shape index (κ3) is 9.91. The van der Waals surface area contributed by atoms with Crippen LogP contribution in [0.25, 0.3) is 0 Å². The first-order chi connectivity index (χ1) is 16.0. The van der Waals surface area contributed by atoms with Crippen LogP contribution in [0.4, 0.5) is 0 Å². The molecule has 0 heterocycles. The van der Waals surface area contributed by atoms with Crippen LogP contribution in [0.3, 0.4) is 0 Å². The van der Waals surface area contributed by atoms with Gasteiger partial charge in [0.1, 0.15) is 25.4 Å². The molecule has 0 aromatic carbocycles. The van der Waals surface area contributed by atoms with Crippen LogP contribution in [0.1, 0.15) is 79.1 Å². The molecule has 0 aromatic heterocycles. The molecule has 0 spiro atoms. The van der Waals surface area contributed by atoms with Gasteiger partial charge in [0.2, 0.25) is 0 Å². The Morgan fingerprint density at radius 2 is 0.970 bits per heavy atom. The summed E-state index contributed by atoms with van der Waals surface area (Å²) in [5.74, 6) is 1.67. The van der Waals surface area contributed by atoms with Gasteiger partial charge in [-0.3, -0.25) is 0 Å². The summed E-state index contributed by atoms with van der Waals surface area (Å²) in [6.45, 7) is 9.96. The van der Waals surface area contributed by atoms with Gasteiger partial charge in [-0.25, -0.2) is 9.59 Å². The molecule has 0 bridgehead atoms. The van der Waals surface area contributed by atoms with Crippen molar-refractivity contribution in [3.63, 3.8) is 0 Å². The van der Waals surface area contributed by atoms with E-state index in [1.54, 1.807) is 0 Å². The summed E-state index contributed by atoms with van der Waals surface area (Å²) in [6.07, 6.45) is 8.68. The van der Waals surface area contributed by atoms with Gasteiger partial charge in [0.05, 0.1) is 26.4 Å². The van der Waals surface area contributed by atoms with Crippen molar-refractivity contribution in [1.82, 2.24) is 0 Å². The van der Waals surface area contributed by atoms with E-state index < -0.39 is 0 Å². The molecule has 0 N–H and O–H groups in total. The Morgan fingerprint density at radius 1 is 0.576 bits per heavy atom. The zero-order valence-corrected chi connectivity index (χ0v) is 21.2. The third-order valence-corrected chi connectivity index (χ3v) is 7.41. The Labute approximate surface area is 200 Å². The summed E-state index contributed by atoms with van der Waals surface area (Å²) in [5, 5.41) is 0. The van der Waals surface area contributed by atoms with E-state index >= 15 is 0 Å². The molecule has 2 rings (SSSR count). The first-order valence-electron chi connectivity index (χ1n) is 13.1. The summed E-state index contributed by atoms with van der Waals surface area (Å²) in [7, 11) is 0. The first kappa shape index (κ1) is 28.1. The highest BCUT2D eigenvalue weighted by atomic mass is 16.6. The summed E-state index contributed by atoms with van der Waals surface area (Å²) < 4.78 is 27.4. The lowest BCUT2D eigenvalue weighted by Gasteiger charge is -2.18. The van der Waals surface area contributed by atoms with Gasteiger partial charge in [-0.05, 0) is 62.2 Å². The minimum atomic E-state index is -0.296. The van der Waals surface area contributed by atoms with Crippen LogP contribution < -0.4 is 0 Å². The van der Waals surface area contributed by atoms with E-state index in [9.17, 15) is 9.59 Å². The summed E-state index contributed by atoms with van der Waals surface area (Å²) in [5.41, 5.74) is 0. The van der Waals surface area contributed by atoms with Gasteiger partial charge in [0.15, 0.2) is 0 Å². The smallest absolute Gasteiger partial charge is 0.332 e. The van der Waals surface area contributed by atoms with E-state index in [0.717, 1.165) is 51.4 Å². The van der Waals surface area contributed by atoms with E-state index in [-0.39, 0.29) is 37.4 Å². The molecule has 0 saturated heterocycles. The zero-order chi connectivity index (χ0) is 24.1. The van der Waals surface area contributed by atoms with Crippen LogP contribution in [-0.4, -0.2) is 63.8 Å². The third-order valence-electron chi connectivity index (χ3n) is 7.41. The van der Waals surface area contributed by atoms with E-state index in [0.29, 0.717) is 50.1 Å². The molecule has 192 valence electrons. The Bertz CT molecular complexity index is 519. The van der Waals surface area contributed by atoms with Crippen LogP contribution in [0.2, 0.25) is 0 Å². The first-order valence-corrected chi connectivity index (χ1v) is 13.1. The quantitative estimate of drug-likeness (QED) is 0.242. The standard InChI is InChI=1S/C26H46O7/c1-5-19-13-21(7-3)23(15-19)32-25(27)17-30-11-9-29-10-12-31-18-26(28)33-24-16-20(6-2)14-22(24)8-4/h19-24H,5-18H2,1-4H3. The fourth-order valence-electron chi connectivity index (χ4n) is 5.26. The second-order valence-corrected chi connectivity index (χ2v) is 9.60. The molecule has 2 aliphatic rings. The van der Waals surface area contributed by atoms with Crippen molar-refractivity contribution >= 4 is 11.9 Å². The minimum absolute atomic E-state index is 0.0331. The van der Waals surface area contributed by atoms with Gasteiger partial charge >= 0.3 is 11.9 Å². The maximum absolute atomic E-state index is 12.0. The van der Waals surface area contributed by atoms with Crippen molar-refractivity contribution in [2.75, 3.05) is 39.6 Å². The molecule has 0 aromatic rings. The monoisotopic (exact) mass is 470 g/mol. The Kier molecular flexibility index (Phi) is 13.3. The zero-order valence-electron chi connectivity index (χ0n) is 21.2. The Morgan fingerprint density at radius 3 is 1.33 bits per heavy atom. The predicted octanol–water partition coefficient (Wildman–Crippen LogP) is 4.55. The largest absolute Gasteiger partial charge is 0.460 e. The number of ether oxygens (including phenoxy) is 5. The summed E-state index contributed by atoms with van der Waals surface area (Å²) in [4.78, 5) is 24.1. The molecule has 2 fully saturated rings. The van der Waals surface area contributed by atoms with Crippen LogP contribution in [0.5, 0.6) is 0 Å². The van der Waals surface area contributed by atoms with Crippen LogP contribution in [0.15, 0.2) is 0 Å². The predicted molar refractivity (Wildman–Crippen MR) is 126 cm³/mol. The average molecular weight is 471 g/mol. The van der Waals surface area contributed by atoms with Crippen molar-refractivity contribution in [2.24, 2.45) is 23.7 Å². The molecule has 7 heteroatoms. The number of carbonyl (C=O) groups excluding carboxylic acids is 2. The fraction of sp³-hybridized carbons (Fsp3) is 0.923. The molecule has 2 saturated carbocycles. The topological polar surface area (TPSA) is 80.3 Å². The van der Waals surface area contributed by atoms with Crippen molar-refractivity contribution in [1.29, 1.82) is 0 Å². The Balaban J connectivity index is 1.44. The molecule has 0 aliphatic heterocycles. The number of hydrogen-bond donors (Lipinski definition) is 0. The summed E-state index contributed by atoms with van der Waals surface area (Å²) in [6, 6.07) is 0. The second kappa shape index (κ2) is 15.7.